The average Bonchev–Trinajstić information content (AvgIpc) is 2.39. The fraction of sp³-hybridized carbons (Fsp3) is 0.400. The van der Waals surface area contributed by atoms with Crippen molar-refractivity contribution in [2.24, 2.45) is 0 Å². The van der Waals surface area contributed by atoms with E-state index >= 15 is 0 Å². The van der Waals surface area contributed by atoms with Crippen LogP contribution in [0, 0.1) is 0 Å². The third-order valence-corrected chi connectivity index (χ3v) is 3.06. The van der Waals surface area contributed by atoms with Gasteiger partial charge in [0.15, 0.2) is 5.82 Å². The van der Waals surface area contributed by atoms with Crippen molar-refractivity contribution in [2.45, 2.75) is 39.5 Å². The molecule has 0 aliphatic rings. The zero-order valence-electron chi connectivity index (χ0n) is 11.7. The normalized spacial score (nSPS) is 11.3. The smallest absolute Gasteiger partial charge is 0.163 e. The summed E-state index contributed by atoms with van der Waals surface area (Å²) in [6.07, 6.45) is 0. The number of halogens is 1. The summed E-state index contributed by atoms with van der Waals surface area (Å²) >= 11 is 5.91. The third-order valence-electron chi connectivity index (χ3n) is 2.81. The molecule has 1 heterocycles. The quantitative estimate of drug-likeness (QED) is 0.831. The van der Waals surface area contributed by atoms with Gasteiger partial charge in [0.05, 0.1) is 0 Å². The first-order chi connectivity index (χ1) is 8.97. The highest BCUT2D eigenvalue weighted by molar-refractivity contribution is 6.30. The Bertz CT molecular complexity index is 536. The second kappa shape index (κ2) is 5.66. The summed E-state index contributed by atoms with van der Waals surface area (Å²) in [5, 5.41) is 0.714. The van der Waals surface area contributed by atoms with E-state index < -0.39 is 0 Å². The topological polar surface area (TPSA) is 38.7 Å². The van der Waals surface area contributed by atoms with Crippen LogP contribution < -0.4 is 0 Å². The van der Waals surface area contributed by atoms with Gasteiger partial charge in [-0.05, 0) is 24.3 Å². The molecule has 0 fully saturated rings. The monoisotopic (exact) mass is 275 g/mol. The Labute approximate surface area is 119 Å². The molecule has 0 atom stereocenters. The molecule has 2 aromatic rings. The first-order valence-corrected chi connectivity index (χ1v) is 6.87. The number of hydrogen-bond acceptors (Lipinski definition) is 3. The zero-order chi connectivity index (χ0) is 14.0. The van der Waals surface area contributed by atoms with E-state index in [4.69, 9.17) is 11.6 Å². The summed E-state index contributed by atoms with van der Waals surface area (Å²) in [6, 6.07) is 7.58. The van der Waals surface area contributed by atoms with Crippen molar-refractivity contribution in [3.63, 3.8) is 0 Å². The Kier molecular flexibility index (Phi) is 4.15. The van der Waals surface area contributed by atoms with Crippen LogP contribution in [0.4, 0.5) is 0 Å². The molecule has 0 spiro atoms. The van der Waals surface area contributed by atoms with Gasteiger partial charge in [-0.1, -0.05) is 39.3 Å². The second-order valence-electron chi connectivity index (χ2n) is 5.19. The SMILES string of the molecule is CC(C)c1nc(-c2ccc(Cl)cc2)nc(C(C)C)n1. The van der Waals surface area contributed by atoms with E-state index in [9.17, 15) is 0 Å². The molecule has 3 nitrogen and oxygen atoms in total. The van der Waals surface area contributed by atoms with E-state index in [0.717, 1.165) is 23.0 Å². The molecule has 0 saturated carbocycles. The van der Waals surface area contributed by atoms with Crippen molar-refractivity contribution < 1.29 is 0 Å². The van der Waals surface area contributed by atoms with Crippen LogP contribution in [0.5, 0.6) is 0 Å². The zero-order valence-corrected chi connectivity index (χ0v) is 12.4. The Balaban J connectivity index is 2.52. The van der Waals surface area contributed by atoms with Crippen LogP contribution in [0.15, 0.2) is 24.3 Å². The molecule has 4 heteroatoms. The van der Waals surface area contributed by atoms with Crippen LogP contribution in [0.3, 0.4) is 0 Å². The highest BCUT2D eigenvalue weighted by Gasteiger charge is 2.13. The molecule has 0 saturated heterocycles. The summed E-state index contributed by atoms with van der Waals surface area (Å²) in [7, 11) is 0. The molecule has 0 amide bonds. The van der Waals surface area contributed by atoms with Gasteiger partial charge in [0, 0.05) is 22.4 Å². The van der Waals surface area contributed by atoms with E-state index in [1.54, 1.807) is 0 Å². The van der Waals surface area contributed by atoms with Gasteiger partial charge in [0.2, 0.25) is 0 Å². The molecular formula is C15H18ClN3. The lowest BCUT2D eigenvalue weighted by Crippen LogP contribution is -2.08. The molecule has 1 aromatic heterocycles. The fourth-order valence-electron chi connectivity index (χ4n) is 1.65. The minimum absolute atomic E-state index is 0.284. The molecule has 0 unspecified atom stereocenters. The lowest BCUT2D eigenvalue weighted by molar-refractivity contribution is 0.697. The minimum atomic E-state index is 0.284. The Hall–Kier alpha value is -1.48. The van der Waals surface area contributed by atoms with E-state index in [-0.39, 0.29) is 11.8 Å². The standard InChI is InChI=1S/C15H18ClN3/c1-9(2)13-17-14(10(3)4)19-15(18-13)11-5-7-12(16)8-6-11/h5-10H,1-4H3. The van der Waals surface area contributed by atoms with Crippen molar-refractivity contribution in [1.82, 2.24) is 15.0 Å². The van der Waals surface area contributed by atoms with Gasteiger partial charge < -0.3 is 0 Å². The Morgan fingerprint density at radius 1 is 0.789 bits per heavy atom. The number of rotatable bonds is 3. The van der Waals surface area contributed by atoms with Gasteiger partial charge in [-0.2, -0.15) is 0 Å². The van der Waals surface area contributed by atoms with E-state index in [2.05, 4.69) is 42.6 Å². The predicted molar refractivity (Wildman–Crippen MR) is 78.5 cm³/mol. The Morgan fingerprint density at radius 2 is 1.26 bits per heavy atom. The molecule has 19 heavy (non-hydrogen) atoms. The maximum atomic E-state index is 5.91. The number of benzene rings is 1. The van der Waals surface area contributed by atoms with Crippen LogP contribution in [0.1, 0.15) is 51.2 Å². The van der Waals surface area contributed by atoms with Gasteiger partial charge in [-0.3, -0.25) is 0 Å². The van der Waals surface area contributed by atoms with Gasteiger partial charge in [0.1, 0.15) is 11.6 Å². The molecule has 0 aliphatic heterocycles. The summed E-state index contributed by atoms with van der Waals surface area (Å²) in [5.74, 6) is 2.96. The van der Waals surface area contributed by atoms with Gasteiger partial charge in [-0.15, -0.1) is 0 Å². The number of aromatic nitrogens is 3. The average molecular weight is 276 g/mol. The van der Waals surface area contributed by atoms with Crippen molar-refractivity contribution in [3.8, 4) is 11.4 Å². The van der Waals surface area contributed by atoms with Crippen molar-refractivity contribution in [3.05, 3.63) is 40.9 Å². The van der Waals surface area contributed by atoms with Crippen molar-refractivity contribution in [1.29, 1.82) is 0 Å². The van der Waals surface area contributed by atoms with Crippen molar-refractivity contribution >= 4 is 11.6 Å². The first kappa shape index (κ1) is 13.9. The Morgan fingerprint density at radius 3 is 1.68 bits per heavy atom. The lowest BCUT2D eigenvalue weighted by Gasteiger charge is -2.11. The third kappa shape index (κ3) is 3.29. The lowest BCUT2D eigenvalue weighted by atomic mass is 10.1. The molecule has 0 bridgehead atoms. The summed E-state index contributed by atoms with van der Waals surface area (Å²) in [4.78, 5) is 13.6. The molecule has 2 rings (SSSR count). The summed E-state index contributed by atoms with van der Waals surface area (Å²) < 4.78 is 0. The molecule has 0 radical (unpaired) electrons. The minimum Gasteiger partial charge on any atom is -0.217 e. The maximum Gasteiger partial charge on any atom is 0.163 e. The fourth-order valence-corrected chi connectivity index (χ4v) is 1.78. The van der Waals surface area contributed by atoms with Crippen LogP contribution in [-0.4, -0.2) is 15.0 Å². The van der Waals surface area contributed by atoms with Crippen LogP contribution in [0.2, 0.25) is 5.02 Å². The van der Waals surface area contributed by atoms with Crippen molar-refractivity contribution in [2.75, 3.05) is 0 Å². The largest absolute Gasteiger partial charge is 0.217 e. The van der Waals surface area contributed by atoms with E-state index in [0.29, 0.717) is 5.02 Å². The van der Waals surface area contributed by atoms with Crippen LogP contribution >= 0.6 is 11.6 Å². The highest BCUT2D eigenvalue weighted by Crippen LogP contribution is 2.22. The van der Waals surface area contributed by atoms with E-state index in [1.807, 2.05) is 24.3 Å². The van der Waals surface area contributed by atoms with Crippen LogP contribution in [0.25, 0.3) is 11.4 Å². The van der Waals surface area contributed by atoms with Crippen LogP contribution in [-0.2, 0) is 0 Å². The second-order valence-corrected chi connectivity index (χ2v) is 5.63. The molecule has 1 aromatic carbocycles. The maximum absolute atomic E-state index is 5.91. The molecular weight excluding hydrogens is 258 g/mol. The number of nitrogens with zero attached hydrogens (tertiary/aromatic N) is 3. The number of hydrogen-bond donors (Lipinski definition) is 0. The van der Waals surface area contributed by atoms with Gasteiger partial charge in [0.25, 0.3) is 0 Å². The van der Waals surface area contributed by atoms with Gasteiger partial charge in [-0.25, -0.2) is 15.0 Å². The van der Waals surface area contributed by atoms with E-state index in [1.165, 1.54) is 0 Å². The summed E-state index contributed by atoms with van der Waals surface area (Å²) in [5.41, 5.74) is 0.968. The van der Waals surface area contributed by atoms with Gasteiger partial charge >= 0.3 is 0 Å². The molecule has 0 N–H and O–H groups in total. The predicted octanol–water partition coefficient (Wildman–Crippen LogP) is 4.44. The highest BCUT2D eigenvalue weighted by atomic mass is 35.5. The molecule has 0 aliphatic carbocycles. The molecule has 100 valence electrons. The summed E-state index contributed by atoms with van der Waals surface area (Å²) in [6.45, 7) is 8.35. The first-order valence-electron chi connectivity index (χ1n) is 6.49.